The summed E-state index contributed by atoms with van der Waals surface area (Å²) in [6.07, 6.45) is 1.29. The highest BCUT2D eigenvalue weighted by Gasteiger charge is 2.31. The smallest absolute Gasteiger partial charge is 0.258 e. The van der Waals surface area contributed by atoms with Gasteiger partial charge in [0.05, 0.1) is 7.11 Å². The van der Waals surface area contributed by atoms with Crippen molar-refractivity contribution in [3.63, 3.8) is 0 Å². The summed E-state index contributed by atoms with van der Waals surface area (Å²) >= 11 is 0. The van der Waals surface area contributed by atoms with Gasteiger partial charge >= 0.3 is 0 Å². The molecule has 136 valence electrons. The minimum atomic E-state index is -0.0198. The zero-order valence-corrected chi connectivity index (χ0v) is 15.4. The van der Waals surface area contributed by atoms with Crippen molar-refractivity contribution in [1.82, 2.24) is 5.32 Å². The topological polar surface area (TPSA) is 58.6 Å². The molecule has 2 aromatic carbocycles. The van der Waals surface area contributed by atoms with E-state index in [-0.39, 0.29) is 17.9 Å². The van der Waals surface area contributed by atoms with Gasteiger partial charge in [-0.2, -0.15) is 0 Å². The highest BCUT2D eigenvalue weighted by molar-refractivity contribution is 6.07. The number of nitrogens with zero attached hydrogens (tertiary/aromatic N) is 1. The highest BCUT2D eigenvalue weighted by Crippen LogP contribution is 2.34. The largest absolute Gasteiger partial charge is 0.497 e. The van der Waals surface area contributed by atoms with Crippen molar-refractivity contribution in [2.45, 2.75) is 39.3 Å². The molecule has 0 bridgehead atoms. The van der Waals surface area contributed by atoms with Gasteiger partial charge in [0.2, 0.25) is 5.91 Å². The third kappa shape index (κ3) is 3.57. The van der Waals surface area contributed by atoms with Crippen LogP contribution in [0.1, 0.15) is 41.8 Å². The lowest BCUT2D eigenvalue weighted by molar-refractivity contribution is -0.120. The number of amides is 2. The van der Waals surface area contributed by atoms with Gasteiger partial charge in [-0.25, -0.2) is 0 Å². The second kappa shape index (κ2) is 7.60. The Hall–Kier alpha value is -2.82. The number of fused-ring (bicyclic) bond motifs is 1. The minimum absolute atomic E-state index is 0.0185. The predicted octanol–water partition coefficient (Wildman–Crippen LogP) is 3.31. The van der Waals surface area contributed by atoms with Gasteiger partial charge in [0.15, 0.2) is 0 Å². The van der Waals surface area contributed by atoms with Crippen LogP contribution in [0.3, 0.4) is 0 Å². The molecule has 1 aliphatic rings. The number of ether oxygens (including phenoxy) is 1. The SMILES string of the molecule is CCC(=O)NCc1ccc2c(c1)N(C(=O)c1ccc(OC)cc1)C(C)C2. The zero-order chi connectivity index (χ0) is 18.7. The van der Waals surface area contributed by atoms with Gasteiger partial charge in [-0.05, 0) is 54.8 Å². The van der Waals surface area contributed by atoms with E-state index < -0.39 is 0 Å². The molecule has 1 N–H and O–H groups in total. The molecule has 5 heteroatoms. The summed E-state index contributed by atoms with van der Waals surface area (Å²) in [6.45, 7) is 4.35. The van der Waals surface area contributed by atoms with Crippen LogP contribution in [-0.2, 0) is 17.8 Å². The number of hydrogen-bond acceptors (Lipinski definition) is 3. The quantitative estimate of drug-likeness (QED) is 0.898. The Balaban J connectivity index is 1.85. The number of benzene rings is 2. The summed E-state index contributed by atoms with van der Waals surface area (Å²) in [6, 6.07) is 13.4. The van der Waals surface area contributed by atoms with Gasteiger partial charge in [0.1, 0.15) is 5.75 Å². The Morgan fingerprint density at radius 3 is 2.58 bits per heavy atom. The molecule has 1 unspecified atom stereocenters. The molecule has 0 aliphatic carbocycles. The Bertz CT molecular complexity index is 815. The molecule has 0 radical (unpaired) electrons. The first-order valence-corrected chi connectivity index (χ1v) is 8.89. The summed E-state index contributed by atoms with van der Waals surface area (Å²) in [4.78, 5) is 26.4. The molecule has 2 amide bonds. The van der Waals surface area contributed by atoms with E-state index in [1.165, 1.54) is 0 Å². The van der Waals surface area contributed by atoms with Crippen LogP contribution in [0.4, 0.5) is 5.69 Å². The normalized spacial score (nSPS) is 15.5. The first-order chi connectivity index (χ1) is 12.5. The number of carbonyl (C=O) groups excluding carboxylic acids is 2. The third-order valence-corrected chi connectivity index (χ3v) is 4.73. The van der Waals surface area contributed by atoms with Gasteiger partial charge in [-0.1, -0.05) is 19.1 Å². The van der Waals surface area contributed by atoms with Crippen molar-refractivity contribution in [3.8, 4) is 5.75 Å². The first kappa shape index (κ1) is 18.0. The van der Waals surface area contributed by atoms with Crippen LogP contribution < -0.4 is 15.0 Å². The van der Waals surface area contributed by atoms with Crippen molar-refractivity contribution in [2.24, 2.45) is 0 Å². The molecular weight excluding hydrogens is 328 g/mol. The van der Waals surface area contributed by atoms with Crippen LogP contribution in [0.25, 0.3) is 0 Å². The molecule has 2 aromatic rings. The Morgan fingerprint density at radius 2 is 1.92 bits per heavy atom. The van der Waals surface area contributed by atoms with Gasteiger partial charge < -0.3 is 15.0 Å². The molecule has 26 heavy (non-hydrogen) atoms. The fraction of sp³-hybridized carbons (Fsp3) is 0.333. The maximum absolute atomic E-state index is 13.1. The molecule has 5 nitrogen and oxygen atoms in total. The standard InChI is InChI=1S/C21H24N2O3/c1-4-20(24)22-13-15-5-6-17-11-14(2)23(19(17)12-15)21(25)16-7-9-18(26-3)10-8-16/h5-10,12,14H,4,11,13H2,1-3H3,(H,22,24). The Kier molecular flexibility index (Phi) is 5.26. The van der Waals surface area contributed by atoms with E-state index in [0.29, 0.717) is 18.5 Å². The van der Waals surface area contributed by atoms with Crippen molar-refractivity contribution in [1.29, 1.82) is 0 Å². The van der Waals surface area contributed by atoms with Crippen LogP contribution in [0.5, 0.6) is 5.75 Å². The zero-order valence-electron chi connectivity index (χ0n) is 15.4. The van der Waals surface area contributed by atoms with E-state index in [1.54, 1.807) is 31.4 Å². The number of anilines is 1. The van der Waals surface area contributed by atoms with E-state index in [4.69, 9.17) is 4.74 Å². The summed E-state index contributed by atoms with van der Waals surface area (Å²) in [7, 11) is 1.61. The van der Waals surface area contributed by atoms with Gasteiger partial charge in [-0.3, -0.25) is 9.59 Å². The van der Waals surface area contributed by atoms with E-state index in [9.17, 15) is 9.59 Å². The number of hydrogen-bond donors (Lipinski definition) is 1. The average Bonchev–Trinajstić information content (AvgIpc) is 3.00. The Morgan fingerprint density at radius 1 is 1.19 bits per heavy atom. The van der Waals surface area contributed by atoms with E-state index in [1.807, 2.05) is 24.0 Å². The molecule has 3 rings (SSSR count). The first-order valence-electron chi connectivity index (χ1n) is 8.89. The predicted molar refractivity (Wildman–Crippen MR) is 102 cm³/mol. The van der Waals surface area contributed by atoms with E-state index in [0.717, 1.165) is 29.0 Å². The van der Waals surface area contributed by atoms with Crippen LogP contribution in [-0.4, -0.2) is 25.0 Å². The molecule has 0 fully saturated rings. The second-order valence-corrected chi connectivity index (χ2v) is 6.55. The summed E-state index contributed by atoms with van der Waals surface area (Å²) in [5, 5.41) is 2.88. The molecule has 1 atom stereocenters. The van der Waals surface area contributed by atoms with Gasteiger partial charge in [0.25, 0.3) is 5.91 Å². The van der Waals surface area contributed by atoms with Crippen molar-refractivity contribution >= 4 is 17.5 Å². The van der Waals surface area contributed by atoms with Crippen LogP contribution in [0.2, 0.25) is 0 Å². The number of methoxy groups -OCH3 is 1. The van der Waals surface area contributed by atoms with Gasteiger partial charge in [-0.15, -0.1) is 0 Å². The molecule has 1 aliphatic heterocycles. The lowest BCUT2D eigenvalue weighted by Crippen LogP contribution is -2.35. The summed E-state index contributed by atoms with van der Waals surface area (Å²) in [5.41, 5.74) is 3.72. The fourth-order valence-electron chi connectivity index (χ4n) is 3.27. The fourth-order valence-corrected chi connectivity index (χ4v) is 3.27. The summed E-state index contributed by atoms with van der Waals surface area (Å²) < 4.78 is 5.16. The number of carbonyl (C=O) groups is 2. The highest BCUT2D eigenvalue weighted by atomic mass is 16.5. The van der Waals surface area contributed by atoms with Crippen molar-refractivity contribution < 1.29 is 14.3 Å². The van der Waals surface area contributed by atoms with E-state index in [2.05, 4.69) is 18.3 Å². The van der Waals surface area contributed by atoms with Crippen LogP contribution >= 0.6 is 0 Å². The minimum Gasteiger partial charge on any atom is -0.497 e. The van der Waals surface area contributed by atoms with Crippen molar-refractivity contribution in [2.75, 3.05) is 12.0 Å². The lowest BCUT2D eigenvalue weighted by Gasteiger charge is -2.23. The third-order valence-electron chi connectivity index (χ3n) is 4.73. The van der Waals surface area contributed by atoms with Crippen molar-refractivity contribution in [3.05, 3.63) is 59.2 Å². The maximum Gasteiger partial charge on any atom is 0.258 e. The molecular formula is C21H24N2O3. The van der Waals surface area contributed by atoms with Gasteiger partial charge in [0, 0.05) is 30.3 Å². The second-order valence-electron chi connectivity index (χ2n) is 6.55. The summed E-state index contributed by atoms with van der Waals surface area (Å²) in [5.74, 6) is 0.726. The number of rotatable bonds is 5. The molecule has 1 heterocycles. The monoisotopic (exact) mass is 352 g/mol. The average molecular weight is 352 g/mol. The molecule has 0 spiro atoms. The number of nitrogens with one attached hydrogen (secondary N) is 1. The van der Waals surface area contributed by atoms with E-state index >= 15 is 0 Å². The van der Waals surface area contributed by atoms with Crippen LogP contribution in [0, 0.1) is 0 Å². The lowest BCUT2D eigenvalue weighted by atomic mass is 10.1. The van der Waals surface area contributed by atoms with Crippen LogP contribution in [0.15, 0.2) is 42.5 Å². The maximum atomic E-state index is 13.1. The molecule has 0 saturated heterocycles. The molecule has 0 aromatic heterocycles. The molecule has 0 saturated carbocycles. The Labute approximate surface area is 154 Å².